The van der Waals surface area contributed by atoms with Gasteiger partial charge in [0.2, 0.25) is 0 Å². The number of carbonyl (C=O) groups is 2. The van der Waals surface area contributed by atoms with Gasteiger partial charge in [0.1, 0.15) is 6.29 Å². The molecule has 2 nitrogen and oxygen atoms in total. The summed E-state index contributed by atoms with van der Waals surface area (Å²) in [6.45, 7) is 3.69. The fourth-order valence-electron chi connectivity index (χ4n) is 0.657. The zero-order valence-corrected chi connectivity index (χ0v) is 6.39. The normalized spacial score (nSPS) is 11.2. The fourth-order valence-corrected chi connectivity index (χ4v) is 0.657. The van der Waals surface area contributed by atoms with Gasteiger partial charge in [0.05, 0.1) is 6.42 Å². The lowest BCUT2D eigenvalue weighted by Crippen LogP contribution is -1.99. The summed E-state index contributed by atoms with van der Waals surface area (Å²) in [5.74, 6) is -0.0724. The Labute approximate surface area is 60.9 Å². The molecule has 0 saturated heterocycles. The number of aldehydes is 1. The molecule has 0 aliphatic rings. The molecule has 0 unspecified atom stereocenters. The summed E-state index contributed by atoms with van der Waals surface area (Å²) in [5.41, 5.74) is 0.689. The summed E-state index contributed by atoms with van der Waals surface area (Å²) in [6.07, 6.45) is 3.32. The van der Waals surface area contributed by atoms with Gasteiger partial charge in [-0.1, -0.05) is 13.0 Å². The Kier molecular flexibility index (Phi) is 4.46. The quantitative estimate of drug-likeness (QED) is 0.337. The maximum absolute atomic E-state index is 10.8. The highest BCUT2D eigenvalue weighted by atomic mass is 16.1. The summed E-state index contributed by atoms with van der Waals surface area (Å²) in [7, 11) is 0. The summed E-state index contributed by atoms with van der Waals surface area (Å²) in [4.78, 5) is 20.7. The van der Waals surface area contributed by atoms with Crippen molar-refractivity contribution in [3.63, 3.8) is 0 Å². The summed E-state index contributed by atoms with van der Waals surface area (Å²) in [5, 5.41) is 0. The van der Waals surface area contributed by atoms with Crippen molar-refractivity contribution in [1.29, 1.82) is 0 Å². The van der Waals surface area contributed by atoms with Crippen LogP contribution in [0.4, 0.5) is 0 Å². The van der Waals surface area contributed by atoms with Crippen LogP contribution in [0.15, 0.2) is 11.6 Å². The van der Waals surface area contributed by atoms with E-state index in [1.807, 2.05) is 13.0 Å². The molecule has 0 aliphatic heterocycles. The van der Waals surface area contributed by atoms with E-state index in [1.165, 1.54) is 0 Å². The number of Topliss-reactive ketones (excluding diaryl/α,β-unsaturated/α-hetero) is 1. The molecule has 0 N–H and O–H groups in total. The third kappa shape index (κ3) is 3.17. The minimum absolute atomic E-state index is 0.0162. The van der Waals surface area contributed by atoms with E-state index in [0.29, 0.717) is 11.9 Å². The molecule has 0 bridgehead atoms. The summed E-state index contributed by atoms with van der Waals surface area (Å²) < 4.78 is 0. The standard InChI is InChI=1S/C8H12O2/c1-3-4-7(2)8(10)5-6-9/h4,6H,3,5H2,1-2H3/b7-4+. The molecule has 0 aliphatic carbocycles. The smallest absolute Gasteiger partial charge is 0.165 e. The second-order valence-corrected chi connectivity index (χ2v) is 2.09. The zero-order chi connectivity index (χ0) is 7.98. The number of carbonyl (C=O) groups excluding carboxylic acids is 2. The maximum atomic E-state index is 10.8. The van der Waals surface area contributed by atoms with E-state index < -0.39 is 0 Å². The first-order valence-corrected chi connectivity index (χ1v) is 3.36. The van der Waals surface area contributed by atoms with Gasteiger partial charge in [-0.2, -0.15) is 0 Å². The van der Waals surface area contributed by atoms with E-state index >= 15 is 0 Å². The van der Waals surface area contributed by atoms with Crippen molar-refractivity contribution < 1.29 is 9.59 Å². The lowest BCUT2D eigenvalue weighted by atomic mass is 10.1. The van der Waals surface area contributed by atoms with Crippen molar-refractivity contribution >= 4 is 12.1 Å². The van der Waals surface area contributed by atoms with Crippen LogP contribution in [0.3, 0.4) is 0 Å². The van der Waals surface area contributed by atoms with E-state index in [1.54, 1.807) is 6.92 Å². The number of hydrogen-bond donors (Lipinski definition) is 0. The van der Waals surface area contributed by atoms with Crippen molar-refractivity contribution in [2.75, 3.05) is 0 Å². The van der Waals surface area contributed by atoms with Gasteiger partial charge >= 0.3 is 0 Å². The summed E-state index contributed by atoms with van der Waals surface area (Å²) in [6, 6.07) is 0. The fraction of sp³-hybridized carbons (Fsp3) is 0.500. The molecule has 0 spiro atoms. The van der Waals surface area contributed by atoms with Crippen LogP contribution in [0.1, 0.15) is 26.7 Å². The Morgan fingerprint density at radius 3 is 2.50 bits per heavy atom. The molecule has 0 aromatic carbocycles. The Morgan fingerprint density at radius 1 is 1.50 bits per heavy atom. The van der Waals surface area contributed by atoms with E-state index in [-0.39, 0.29) is 12.2 Å². The molecule has 0 rings (SSSR count). The lowest BCUT2D eigenvalue weighted by Gasteiger charge is -1.92. The first-order chi connectivity index (χ1) is 4.72. The van der Waals surface area contributed by atoms with Crippen LogP contribution in [-0.2, 0) is 9.59 Å². The van der Waals surface area contributed by atoms with Crippen molar-refractivity contribution in [2.24, 2.45) is 0 Å². The minimum atomic E-state index is -0.0724. The second-order valence-electron chi connectivity index (χ2n) is 2.09. The Balaban J connectivity index is 3.93. The van der Waals surface area contributed by atoms with E-state index in [4.69, 9.17) is 0 Å². The largest absolute Gasteiger partial charge is 0.303 e. The van der Waals surface area contributed by atoms with Crippen LogP contribution in [-0.4, -0.2) is 12.1 Å². The molecular formula is C8H12O2. The highest BCUT2D eigenvalue weighted by Crippen LogP contribution is 1.98. The molecule has 56 valence electrons. The maximum Gasteiger partial charge on any atom is 0.165 e. The van der Waals surface area contributed by atoms with E-state index in [2.05, 4.69) is 0 Å². The summed E-state index contributed by atoms with van der Waals surface area (Å²) >= 11 is 0. The monoisotopic (exact) mass is 140 g/mol. The second kappa shape index (κ2) is 4.91. The number of ketones is 1. The predicted octanol–water partition coefficient (Wildman–Crippen LogP) is 1.50. The van der Waals surface area contributed by atoms with Crippen molar-refractivity contribution in [1.82, 2.24) is 0 Å². The third-order valence-corrected chi connectivity index (χ3v) is 1.22. The van der Waals surface area contributed by atoms with Crippen molar-refractivity contribution in [3.8, 4) is 0 Å². The van der Waals surface area contributed by atoms with Crippen LogP contribution in [0.2, 0.25) is 0 Å². The van der Waals surface area contributed by atoms with Gasteiger partial charge in [0, 0.05) is 0 Å². The first kappa shape index (κ1) is 9.08. The van der Waals surface area contributed by atoms with Crippen LogP contribution < -0.4 is 0 Å². The molecule has 10 heavy (non-hydrogen) atoms. The van der Waals surface area contributed by atoms with E-state index in [9.17, 15) is 9.59 Å². The molecule has 0 fully saturated rings. The Morgan fingerprint density at radius 2 is 2.10 bits per heavy atom. The molecule has 0 aromatic rings. The molecule has 0 saturated carbocycles. The van der Waals surface area contributed by atoms with E-state index in [0.717, 1.165) is 6.42 Å². The molecule has 0 heterocycles. The minimum Gasteiger partial charge on any atom is -0.303 e. The van der Waals surface area contributed by atoms with Gasteiger partial charge in [-0.3, -0.25) is 4.79 Å². The van der Waals surface area contributed by atoms with Gasteiger partial charge in [-0.05, 0) is 18.9 Å². The third-order valence-electron chi connectivity index (χ3n) is 1.22. The molecule has 0 aromatic heterocycles. The van der Waals surface area contributed by atoms with Gasteiger partial charge in [-0.15, -0.1) is 0 Å². The highest BCUT2D eigenvalue weighted by Gasteiger charge is 2.00. The number of rotatable bonds is 4. The Hall–Kier alpha value is -0.920. The zero-order valence-electron chi connectivity index (χ0n) is 6.39. The highest BCUT2D eigenvalue weighted by molar-refractivity contribution is 6.01. The van der Waals surface area contributed by atoms with Crippen molar-refractivity contribution in [2.45, 2.75) is 26.7 Å². The van der Waals surface area contributed by atoms with Crippen LogP contribution >= 0.6 is 0 Å². The average molecular weight is 140 g/mol. The Bertz CT molecular complexity index is 157. The van der Waals surface area contributed by atoms with Gasteiger partial charge in [-0.25, -0.2) is 0 Å². The van der Waals surface area contributed by atoms with Crippen molar-refractivity contribution in [3.05, 3.63) is 11.6 Å². The predicted molar refractivity (Wildman–Crippen MR) is 39.7 cm³/mol. The number of allylic oxidation sites excluding steroid dienone is 2. The van der Waals surface area contributed by atoms with Gasteiger partial charge < -0.3 is 4.79 Å². The lowest BCUT2D eigenvalue weighted by molar-refractivity contribution is -0.119. The molecular weight excluding hydrogens is 128 g/mol. The van der Waals surface area contributed by atoms with Crippen LogP contribution in [0.25, 0.3) is 0 Å². The molecule has 0 amide bonds. The van der Waals surface area contributed by atoms with Gasteiger partial charge in [0.15, 0.2) is 5.78 Å². The van der Waals surface area contributed by atoms with Crippen LogP contribution in [0.5, 0.6) is 0 Å². The SMILES string of the molecule is CC/C=C(\C)C(=O)CC=O. The molecule has 0 atom stereocenters. The molecule has 2 heteroatoms. The average Bonchev–Trinajstić information content (AvgIpc) is 1.89. The molecule has 0 radical (unpaired) electrons. The van der Waals surface area contributed by atoms with Crippen LogP contribution in [0, 0.1) is 0 Å². The first-order valence-electron chi connectivity index (χ1n) is 3.36. The van der Waals surface area contributed by atoms with Gasteiger partial charge in [0.25, 0.3) is 0 Å². The topological polar surface area (TPSA) is 34.1 Å². The number of hydrogen-bond acceptors (Lipinski definition) is 2.